The molecule has 0 fully saturated rings. The highest BCUT2D eigenvalue weighted by Gasteiger charge is 2.23. The molecular formula is C106H64N8. The van der Waals surface area contributed by atoms with Crippen LogP contribution in [0.25, 0.3) is 230 Å². The first kappa shape index (κ1) is 65.7. The molecule has 0 bridgehead atoms. The Balaban J connectivity index is 0.000000104. The number of nitrogens with zero attached hydrogens (tertiary/aromatic N) is 8. The first-order valence-corrected chi connectivity index (χ1v) is 38.5. The van der Waals surface area contributed by atoms with Gasteiger partial charge in [0.05, 0.1) is 50.2 Å². The fourth-order valence-corrected chi connectivity index (χ4v) is 17.7. The topological polar surface area (TPSA) is 103 Å². The van der Waals surface area contributed by atoms with E-state index in [0.717, 1.165) is 126 Å². The van der Waals surface area contributed by atoms with Crippen LogP contribution in [0.4, 0.5) is 0 Å². The molecule has 0 N–H and O–H groups in total. The number of hydrogen-bond donors (Lipinski definition) is 0. The van der Waals surface area contributed by atoms with Crippen molar-refractivity contribution in [1.29, 1.82) is 0 Å². The highest BCUT2D eigenvalue weighted by molar-refractivity contribution is 6.32. The van der Waals surface area contributed by atoms with Crippen molar-refractivity contribution in [3.63, 3.8) is 0 Å². The minimum atomic E-state index is 0.982. The molecule has 8 heterocycles. The molecule has 16 aromatic carbocycles. The highest BCUT2D eigenvalue weighted by Crippen LogP contribution is 2.48. The molecule has 24 aromatic rings. The van der Waals surface area contributed by atoms with Crippen LogP contribution in [0.1, 0.15) is 0 Å². The Morgan fingerprint density at radius 3 is 0.816 bits per heavy atom. The average molecular weight is 1450 g/mol. The molecule has 24 rings (SSSR count). The largest absolute Gasteiger partial charge is 0.265 e. The molecule has 528 valence electrons. The van der Waals surface area contributed by atoms with Crippen molar-refractivity contribution >= 4 is 162 Å². The minimum absolute atomic E-state index is 0.982. The molecule has 0 saturated carbocycles. The van der Waals surface area contributed by atoms with E-state index < -0.39 is 0 Å². The van der Waals surface area contributed by atoms with E-state index in [1.165, 1.54) is 103 Å². The molecule has 0 unspecified atom stereocenters. The van der Waals surface area contributed by atoms with Crippen molar-refractivity contribution in [1.82, 2.24) is 39.9 Å². The number of benzene rings is 16. The molecular weight excluding hydrogens is 1390 g/mol. The Labute approximate surface area is 654 Å². The van der Waals surface area contributed by atoms with Gasteiger partial charge in [-0.1, -0.05) is 291 Å². The highest BCUT2D eigenvalue weighted by atomic mass is 14.7. The summed E-state index contributed by atoms with van der Waals surface area (Å²) >= 11 is 0. The van der Waals surface area contributed by atoms with Gasteiger partial charge in [-0.05, 0) is 131 Å². The first-order chi connectivity index (χ1) is 56.6. The zero-order valence-corrected chi connectivity index (χ0v) is 61.5. The summed E-state index contributed by atoms with van der Waals surface area (Å²) in [6.07, 6.45) is 13.1. The van der Waals surface area contributed by atoms with Crippen LogP contribution in [0, 0.1) is 0 Å². The fraction of sp³-hybridized carbons (Fsp3) is 0. The standard InChI is InChI=1S/C36H22N2.2C35H21N3/c1-2-9-23(10-3-1)26-20-21-29(28-13-5-4-12-27(26)28)36-31-19-18-24-16-17-25-11-8-22-37-35(25)33(24)34(31)30-14-6-7-15-32(30)38-36;1-2-10-27-26(9-1)25(24-8-5-19-36-21-24)17-18-28(27)35-30-16-15-22-13-14-23-7-6-20-37-34(23)32(22)33(30)29-11-3-4-12-31(29)38-35;1-2-8-27-26(7-1)25(22-17-20-36-21-18-22)15-16-28(27)35-30-14-13-23-11-12-24-6-5-19-37-34(24)32(23)33(30)29-9-3-4-10-31(29)38-35/h1-22H;2*1-21H. The van der Waals surface area contributed by atoms with Crippen molar-refractivity contribution in [2.45, 2.75) is 0 Å². The summed E-state index contributed by atoms with van der Waals surface area (Å²) in [5.74, 6) is 0. The van der Waals surface area contributed by atoms with Crippen LogP contribution in [-0.2, 0) is 0 Å². The van der Waals surface area contributed by atoms with Gasteiger partial charge < -0.3 is 0 Å². The zero-order chi connectivity index (χ0) is 75.2. The van der Waals surface area contributed by atoms with Crippen LogP contribution in [0.2, 0.25) is 0 Å². The normalized spacial score (nSPS) is 11.7. The van der Waals surface area contributed by atoms with E-state index in [1.807, 2.05) is 67.6 Å². The second-order valence-electron chi connectivity index (χ2n) is 29.1. The molecule has 8 aromatic heterocycles. The molecule has 0 atom stereocenters. The Morgan fingerprint density at radius 1 is 0.158 bits per heavy atom. The van der Waals surface area contributed by atoms with Gasteiger partial charge in [-0.25, -0.2) is 15.0 Å². The predicted octanol–water partition coefficient (Wildman–Crippen LogP) is 27.5. The number of rotatable bonds is 6. The summed E-state index contributed by atoms with van der Waals surface area (Å²) in [6.45, 7) is 0. The van der Waals surface area contributed by atoms with Gasteiger partial charge in [0.15, 0.2) is 0 Å². The minimum Gasteiger partial charge on any atom is -0.265 e. The quantitative estimate of drug-likeness (QED) is 0.152. The maximum atomic E-state index is 5.29. The van der Waals surface area contributed by atoms with E-state index >= 15 is 0 Å². The van der Waals surface area contributed by atoms with Gasteiger partial charge >= 0.3 is 0 Å². The molecule has 0 saturated heterocycles. The van der Waals surface area contributed by atoms with Crippen LogP contribution >= 0.6 is 0 Å². The number of fused-ring (bicyclic) bond motifs is 24. The second kappa shape index (κ2) is 27.3. The van der Waals surface area contributed by atoms with E-state index in [4.69, 9.17) is 29.9 Å². The van der Waals surface area contributed by atoms with Crippen molar-refractivity contribution in [2.75, 3.05) is 0 Å². The maximum Gasteiger partial charge on any atom is 0.0794 e. The van der Waals surface area contributed by atoms with Crippen LogP contribution < -0.4 is 0 Å². The van der Waals surface area contributed by atoms with Crippen molar-refractivity contribution < 1.29 is 0 Å². The van der Waals surface area contributed by atoms with E-state index in [9.17, 15) is 0 Å². The summed E-state index contributed by atoms with van der Waals surface area (Å²) in [4.78, 5) is 38.9. The summed E-state index contributed by atoms with van der Waals surface area (Å²) in [6, 6.07) is 122. The van der Waals surface area contributed by atoms with E-state index in [2.05, 4.69) is 331 Å². The molecule has 0 aliphatic rings. The Morgan fingerprint density at radius 2 is 0.447 bits per heavy atom. The molecule has 0 aliphatic carbocycles. The van der Waals surface area contributed by atoms with Crippen molar-refractivity contribution in [3.05, 3.63) is 389 Å². The lowest BCUT2D eigenvalue weighted by Crippen LogP contribution is -1.93. The maximum absolute atomic E-state index is 5.29. The Bertz CT molecular complexity index is 7300. The summed E-state index contributed by atoms with van der Waals surface area (Å²) < 4.78 is 0. The van der Waals surface area contributed by atoms with Gasteiger partial charge in [0.2, 0.25) is 0 Å². The molecule has 8 nitrogen and oxygen atoms in total. The molecule has 0 amide bonds. The molecule has 8 heteroatoms. The molecule has 0 radical (unpaired) electrons. The zero-order valence-electron chi connectivity index (χ0n) is 61.5. The van der Waals surface area contributed by atoms with Gasteiger partial charge in [0.1, 0.15) is 0 Å². The van der Waals surface area contributed by atoms with Gasteiger partial charge in [0.25, 0.3) is 0 Å². The first-order valence-electron chi connectivity index (χ1n) is 38.5. The summed E-state index contributed by atoms with van der Waals surface area (Å²) in [7, 11) is 0. The van der Waals surface area contributed by atoms with Gasteiger partial charge in [-0.3, -0.25) is 24.9 Å². The van der Waals surface area contributed by atoms with E-state index in [-0.39, 0.29) is 0 Å². The summed E-state index contributed by atoms with van der Waals surface area (Å²) in [5.41, 5.74) is 19.5. The van der Waals surface area contributed by atoms with Crippen LogP contribution in [0.5, 0.6) is 0 Å². The number of pyridine rings is 8. The third kappa shape index (κ3) is 10.9. The van der Waals surface area contributed by atoms with Crippen molar-refractivity contribution in [2.24, 2.45) is 0 Å². The van der Waals surface area contributed by atoms with E-state index in [1.54, 1.807) is 0 Å². The monoisotopic (exact) mass is 1450 g/mol. The summed E-state index contributed by atoms with van der Waals surface area (Å²) in [5, 5.41) is 28.2. The number of para-hydroxylation sites is 3. The van der Waals surface area contributed by atoms with Crippen LogP contribution in [-0.4, -0.2) is 39.9 Å². The lowest BCUT2D eigenvalue weighted by Gasteiger charge is -2.16. The van der Waals surface area contributed by atoms with Crippen LogP contribution in [0.3, 0.4) is 0 Å². The Hall–Kier alpha value is -15.4. The van der Waals surface area contributed by atoms with E-state index in [0.29, 0.717) is 0 Å². The van der Waals surface area contributed by atoms with Gasteiger partial charge in [-0.15, -0.1) is 0 Å². The number of aromatic nitrogens is 8. The lowest BCUT2D eigenvalue weighted by molar-refractivity contribution is 1.33. The fourth-order valence-electron chi connectivity index (χ4n) is 17.7. The average Bonchev–Trinajstić information content (AvgIpc) is 0.731. The third-order valence-electron chi connectivity index (χ3n) is 22.8. The SMILES string of the molecule is c1ccc(-c2ccc(-c3nc4ccccc4c4c3ccc3ccc5cccnc5c34)c3ccccc23)cc1.c1cnc2c(c1)ccc1ccc3c(-c4ccc(-c5ccncc5)c5ccccc45)nc4ccccc4c3c12.c1cncc(-c2ccc(-c3nc4ccccc4c4c3ccc3ccc5cccnc5c34)c3ccccc23)c1. The van der Waals surface area contributed by atoms with Crippen LogP contribution in [0.15, 0.2) is 389 Å². The lowest BCUT2D eigenvalue weighted by atomic mass is 9.90. The van der Waals surface area contributed by atoms with Gasteiger partial charge in [0, 0.05) is 146 Å². The van der Waals surface area contributed by atoms with Gasteiger partial charge in [-0.2, -0.15) is 0 Å². The number of hydrogen-bond acceptors (Lipinski definition) is 8. The molecule has 114 heavy (non-hydrogen) atoms. The second-order valence-corrected chi connectivity index (χ2v) is 29.1. The van der Waals surface area contributed by atoms with Crippen molar-refractivity contribution in [3.8, 4) is 67.2 Å². The Kier molecular flexibility index (Phi) is 15.7. The smallest absolute Gasteiger partial charge is 0.0794 e. The third-order valence-corrected chi connectivity index (χ3v) is 22.8. The molecule has 0 spiro atoms. The molecule has 0 aliphatic heterocycles. The predicted molar refractivity (Wildman–Crippen MR) is 477 cm³/mol.